The first kappa shape index (κ1) is 15.2. The highest BCUT2D eigenvalue weighted by atomic mass is 16.5. The smallest absolute Gasteiger partial charge is 0.306 e. The predicted octanol–water partition coefficient (Wildman–Crippen LogP) is 2.85. The summed E-state index contributed by atoms with van der Waals surface area (Å²) < 4.78 is 10.1. The summed E-state index contributed by atoms with van der Waals surface area (Å²) in [5.41, 5.74) is 0.929. The van der Waals surface area contributed by atoms with Crippen LogP contribution < -0.4 is 0 Å². The summed E-state index contributed by atoms with van der Waals surface area (Å²) >= 11 is 0. The molecule has 1 atom stereocenters. The van der Waals surface area contributed by atoms with Crippen LogP contribution in [0.5, 0.6) is 0 Å². The van der Waals surface area contributed by atoms with Gasteiger partial charge in [-0.2, -0.15) is 0 Å². The van der Waals surface area contributed by atoms with Gasteiger partial charge in [-0.15, -0.1) is 0 Å². The van der Waals surface area contributed by atoms with Crippen LogP contribution in [-0.2, 0) is 25.7 Å². The summed E-state index contributed by atoms with van der Waals surface area (Å²) in [5, 5.41) is 0. The molecule has 0 aliphatic rings. The molecule has 0 radical (unpaired) electrons. The third kappa shape index (κ3) is 6.60. The minimum absolute atomic E-state index is 0.0576. The summed E-state index contributed by atoms with van der Waals surface area (Å²) in [7, 11) is 0. The lowest BCUT2D eigenvalue weighted by Gasteiger charge is -2.10. The average molecular weight is 264 g/mol. The molecule has 0 N–H and O–H groups in total. The Morgan fingerprint density at radius 1 is 1.11 bits per heavy atom. The molecule has 0 aromatic heterocycles. The number of esters is 2. The van der Waals surface area contributed by atoms with E-state index in [9.17, 15) is 9.59 Å². The summed E-state index contributed by atoms with van der Waals surface area (Å²) in [6, 6.07) is 9.42. The minimum atomic E-state index is -0.384. The Morgan fingerprint density at radius 2 is 1.74 bits per heavy atom. The summed E-state index contributed by atoms with van der Waals surface area (Å²) in [4.78, 5) is 22.8. The first-order chi connectivity index (χ1) is 9.11. The first-order valence-electron chi connectivity index (χ1n) is 6.50. The van der Waals surface area contributed by atoms with Crippen LogP contribution in [0.3, 0.4) is 0 Å². The second-order valence-corrected chi connectivity index (χ2v) is 4.36. The van der Waals surface area contributed by atoms with E-state index >= 15 is 0 Å². The van der Waals surface area contributed by atoms with Gasteiger partial charge in [-0.05, 0) is 18.9 Å². The second-order valence-electron chi connectivity index (χ2n) is 4.36. The molecule has 104 valence electrons. The molecule has 0 aliphatic carbocycles. The molecule has 0 saturated carbocycles. The van der Waals surface area contributed by atoms with Gasteiger partial charge in [0.05, 0.1) is 18.9 Å². The molecule has 1 aromatic rings. The van der Waals surface area contributed by atoms with Crippen molar-refractivity contribution in [1.82, 2.24) is 0 Å². The van der Waals surface area contributed by atoms with Crippen molar-refractivity contribution in [2.24, 2.45) is 0 Å². The maximum absolute atomic E-state index is 11.4. The van der Waals surface area contributed by atoms with Crippen LogP contribution in [0.4, 0.5) is 0 Å². The molecule has 1 aromatic carbocycles. The Morgan fingerprint density at radius 3 is 2.37 bits per heavy atom. The molecule has 4 heteroatoms. The fourth-order valence-corrected chi connectivity index (χ4v) is 1.38. The highest BCUT2D eigenvalue weighted by molar-refractivity contribution is 5.77. The Hall–Kier alpha value is -1.84. The van der Waals surface area contributed by atoms with E-state index < -0.39 is 0 Å². The van der Waals surface area contributed by atoms with Gasteiger partial charge in [-0.3, -0.25) is 9.59 Å². The molecule has 19 heavy (non-hydrogen) atoms. The second kappa shape index (κ2) is 8.29. The zero-order valence-electron chi connectivity index (χ0n) is 11.4. The molecule has 0 amide bonds. The van der Waals surface area contributed by atoms with Gasteiger partial charge in [0.15, 0.2) is 0 Å². The SMILES string of the molecule is CCC(C)OC(=O)CCC(=O)OCc1ccccc1. The Labute approximate surface area is 113 Å². The van der Waals surface area contributed by atoms with Crippen LogP contribution in [-0.4, -0.2) is 18.0 Å². The Kier molecular flexibility index (Phi) is 6.64. The van der Waals surface area contributed by atoms with E-state index in [1.807, 2.05) is 44.2 Å². The van der Waals surface area contributed by atoms with Crippen molar-refractivity contribution >= 4 is 11.9 Å². The first-order valence-corrected chi connectivity index (χ1v) is 6.50. The molecule has 0 heterocycles. The Bertz CT molecular complexity index is 400. The topological polar surface area (TPSA) is 52.6 Å². The third-order valence-electron chi connectivity index (χ3n) is 2.68. The van der Waals surface area contributed by atoms with Crippen molar-refractivity contribution in [2.75, 3.05) is 0 Å². The van der Waals surface area contributed by atoms with Crippen molar-refractivity contribution in [1.29, 1.82) is 0 Å². The van der Waals surface area contributed by atoms with E-state index in [1.54, 1.807) is 0 Å². The number of hydrogen-bond acceptors (Lipinski definition) is 4. The summed E-state index contributed by atoms with van der Waals surface area (Å²) in [6.07, 6.45) is 0.789. The lowest BCUT2D eigenvalue weighted by Crippen LogP contribution is -2.15. The number of carbonyl (C=O) groups is 2. The predicted molar refractivity (Wildman–Crippen MR) is 71.3 cm³/mol. The third-order valence-corrected chi connectivity index (χ3v) is 2.68. The van der Waals surface area contributed by atoms with E-state index in [1.165, 1.54) is 0 Å². The fraction of sp³-hybridized carbons (Fsp3) is 0.467. The van der Waals surface area contributed by atoms with Crippen molar-refractivity contribution in [3.8, 4) is 0 Å². The quantitative estimate of drug-likeness (QED) is 0.711. The number of benzene rings is 1. The molecule has 0 fully saturated rings. The van der Waals surface area contributed by atoms with Gasteiger partial charge in [0.25, 0.3) is 0 Å². The fourth-order valence-electron chi connectivity index (χ4n) is 1.38. The van der Waals surface area contributed by atoms with E-state index in [2.05, 4.69) is 0 Å². The van der Waals surface area contributed by atoms with E-state index in [4.69, 9.17) is 9.47 Å². The molecule has 1 unspecified atom stereocenters. The molecule has 0 aliphatic heterocycles. The molecule has 0 saturated heterocycles. The van der Waals surface area contributed by atoms with Crippen molar-refractivity contribution in [2.45, 2.75) is 45.8 Å². The number of carbonyl (C=O) groups excluding carboxylic acids is 2. The lowest BCUT2D eigenvalue weighted by atomic mass is 10.2. The van der Waals surface area contributed by atoms with Gasteiger partial charge in [-0.25, -0.2) is 0 Å². The van der Waals surface area contributed by atoms with Crippen LogP contribution >= 0.6 is 0 Å². The number of hydrogen-bond donors (Lipinski definition) is 0. The largest absolute Gasteiger partial charge is 0.463 e. The van der Waals surface area contributed by atoms with Crippen LogP contribution in [0, 0.1) is 0 Å². The standard InChI is InChI=1S/C15H20O4/c1-3-12(2)19-15(17)10-9-14(16)18-11-13-7-5-4-6-8-13/h4-8,12H,3,9-11H2,1-2H3. The van der Waals surface area contributed by atoms with Crippen LogP contribution in [0.2, 0.25) is 0 Å². The van der Waals surface area contributed by atoms with Crippen molar-refractivity contribution in [3.63, 3.8) is 0 Å². The van der Waals surface area contributed by atoms with Gasteiger partial charge < -0.3 is 9.47 Å². The van der Waals surface area contributed by atoms with Crippen molar-refractivity contribution < 1.29 is 19.1 Å². The normalized spacial score (nSPS) is 11.7. The molecular weight excluding hydrogens is 244 g/mol. The number of ether oxygens (including phenoxy) is 2. The van der Waals surface area contributed by atoms with Gasteiger partial charge in [0.1, 0.15) is 6.61 Å². The van der Waals surface area contributed by atoms with Gasteiger partial charge >= 0.3 is 11.9 Å². The highest BCUT2D eigenvalue weighted by Gasteiger charge is 2.11. The van der Waals surface area contributed by atoms with Crippen LogP contribution in [0.25, 0.3) is 0 Å². The monoisotopic (exact) mass is 264 g/mol. The molecule has 4 nitrogen and oxygen atoms in total. The van der Waals surface area contributed by atoms with E-state index in [0.29, 0.717) is 0 Å². The lowest BCUT2D eigenvalue weighted by molar-refractivity contribution is -0.153. The zero-order chi connectivity index (χ0) is 14.1. The summed E-state index contributed by atoms with van der Waals surface area (Å²) in [5.74, 6) is -0.740. The van der Waals surface area contributed by atoms with Gasteiger partial charge in [0.2, 0.25) is 0 Å². The molecule has 0 bridgehead atoms. The van der Waals surface area contributed by atoms with E-state index in [-0.39, 0.29) is 37.5 Å². The van der Waals surface area contributed by atoms with Crippen LogP contribution in [0.15, 0.2) is 30.3 Å². The van der Waals surface area contributed by atoms with Gasteiger partial charge in [-0.1, -0.05) is 37.3 Å². The maximum atomic E-state index is 11.4. The highest BCUT2D eigenvalue weighted by Crippen LogP contribution is 2.05. The van der Waals surface area contributed by atoms with Crippen LogP contribution in [0.1, 0.15) is 38.7 Å². The molecule has 1 rings (SSSR count). The average Bonchev–Trinajstić information content (AvgIpc) is 2.43. The van der Waals surface area contributed by atoms with Gasteiger partial charge in [0, 0.05) is 0 Å². The van der Waals surface area contributed by atoms with E-state index in [0.717, 1.165) is 12.0 Å². The summed E-state index contributed by atoms with van der Waals surface area (Å²) in [6.45, 7) is 4.00. The Balaban J connectivity index is 2.19. The zero-order valence-corrected chi connectivity index (χ0v) is 11.4. The number of rotatable bonds is 7. The maximum Gasteiger partial charge on any atom is 0.306 e. The molecular formula is C15H20O4. The van der Waals surface area contributed by atoms with Crippen molar-refractivity contribution in [3.05, 3.63) is 35.9 Å². The minimum Gasteiger partial charge on any atom is -0.463 e. The molecule has 0 spiro atoms.